The van der Waals surface area contributed by atoms with E-state index in [1.54, 1.807) is 5.43 Å². The number of alkyl halides is 2. The van der Waals surface area contributed by atoms with Gasteiger partial charge in [-0.15, -0.1) is 5.43 Å². The molecule has 0 aliphatic heterocycles. The van der Waals surface area contributed by atoms with Crippen LogP contribution in [0.1, 0.15) is 0 Å². The zero-order valence-corrected chi connectivity index (χ0v) is 4.61. The normalized spacial score (nSPS) is 9.00. The van der Waals surface area contributed by atoms with Gasteiger partial charge in [0.15, 0.2) is 5.03 Å². The third-order valence-corrected chi connectivity index (χ3v) is 0.398. The number of nitrogens with one attached hydrogen (secondary N) is 1. The Bertz CT molecular complexity index is 74.1. The van der Waals surface area contributed by atoms with E-state index < -0.39 is 9.99 Å². The number of hydrogen-bond acceptors (Lipinski definition) is 2. The molecule has 0 heterocycles. The molecule has 0 rings (SSSR count). The molecule has 0 aromatic carbocycles. The lowest BCUT2D eigenvalue weighted by atomic mass is 11.5. The molecule has 0 aromatic rings. The van der Waals surface area contributed by atoms with Gasteiger partial charge in [-0.3, -0.25) is 0 Å². The summed E-state index contributed by atoms with van der Waals surface area (Å²) in [6.45, 7) is 0. The molecule has 0 spiro atoms. The molecule has 0 bridgehead atoms. The Balaban J connectivity index is 3.13. The topological polar surface area (TPSA) is 55.2 Å². The Labute approximate surface area is 49.5 Å². The van der Waals surface area contributed by atoms with E-state index in [4.69, 9.17) is 23.2 Å². The minimum absolute atomic E-state index is 0.815. The van der Waals surface area contributed by atoms with E-state index in [1.807, 2.05) is 0 Å². The second-order valence-corrected chi connectivity index (χ2v) is 1.78. The molecular formula is CH2Cl2N2O2. The lowest BCUT2D eigenvalue weighted by molar-refractivity contribution is -0.543. The molecule has 0 saturated heterocycles. The first-order chi connectivity index (χ1) is 3.13. The lowest BCUT2D eigenvalue weighted by Gasteiger charge is -1.91. The van der Waals surface area contributed by atoms with Gasteiger partial charge < -0.3 is 0 Å². The summed E-state index contributed by atoms with van der Waals surface area (Å²) in [7, 11) is 0. The van der Waals surface area contributed by atoms with Crippen LogP contribution in [0.2, 0.25) is 0 Å². The number of hydrazine groups is 1. The first-order valence-electron chi connectivity index (χ1n) is 1.31. The van der Waals surface area contributed by atoms with Crippen LogP contribution in [0.3, 0.4) is 0 Å². The summed E-state index contributed by atoms with van der Waals surface area (Å²) in [6, 6.07) is 0. The van der Waals surface area contributed by atoms with Crippen molar-refractivity contribution < 1.29 is 5.03 Å². The summed E-state index contributed by atoms with van der Waals surface area (Å²) >= 11 is 9.77. The Hall–Kier alpha value is -0.220. The standard InChI is InChI=1S/CH2Cl2N2O2/c2-1(3)4-5(6)7/h1,4H. The largest absolute Gasteiger partial charge is 0.235 e. The van der Waals surface area contributed by atoms with Gasteiger partial charge in [0.25, 0.3) is 0 Å². The maximum Gasteiger partial charge on any atom is 0.232 e. The van der Waals surface area contributed by atoms with Crippen molar-refractivity contribution in [2.24, 2.45) is 0 Å². The molecule has 0 aromatic heterocycles. The third kappa shape index (κ3) is 5.78. The molecule has 6 heteroatoms. The van der Waals surface area contributed by atoms with Crippen LogP contribution in [-0.2, 0) is 0 Å². The first kappa shape index (κ1) is 6.78. The highest BCUT2D eigenvalue weighted by atomic mass is 35.5. The van der Waals surface area contributed by atoms with Gasteiger partial charge in [0, 0.05) is 0 Å². The van der Waals surface area contributed by atoms with Crippen molar-refractivity contribution in [3.63, 3.8) is 0 Å². The molecule has 42 valence electrons. The molecule has 0 aliphatic carbocycles. The summed E-state index contributed by atoms with van der Waals surface area (Å²) in [5.41, 5.74) is 1.56. The van der Waals surface area contributed by atoms with Crippen molar-refractivity contribution in [2.75, 3.05) is 0 Å². The molecule has 0 fully saturated rings. The van der Waals surface area contributed by atoms with Crippen LogP contribution < -0.4 is 5.43 Å². The Morgan fingerprint density at radius 1 is 1.71 bits per heavy atom. The summed E-state index contributed by atoms with van der Waals surface area (Å²) < 4.78 is 0. The summed E-state index contributed by atoms with van der Waals surface area (Å²) in [5.74, 6) is 0. The Morgan fingerprint density at radius 3 is 2.14 bits per heavy atom. The number of rotatable bonds is 2. The summed E-state index contributed by atoms with van der Waals surface area (Å²) in [5, 5.41) is 8.52. The van der Waals surface area contributed by atoms with Gasteiger partial charge >= 0.3 is 0 Å². The zero-order chi connectivity index (χ0) is 5.86. The van der Waals surface area contributed by atoms with Crippen molar-refractivity contribution in [2.45, 2.75) is 4.96 Å². The van der Waals surface area contributed by atoms with Gasteiger partial charge in [-0.25, -0.2) is 10.1 Å². The smallest absolute Gasteiger partial charge is 0.232 e. The summed E-state index contributed by atoms with van der Waals surface area (Å²) in [4.78, 5) is 8.21. The predicted octanol–water partition coefficient (Wildman–Crippen LogP) is 0.529. The lowest BCUT2D eigenvalue weighted by Crippen LogP contribution is -2.25. The average molecular weight is 145 g/mol. The van der Waals surface area contributed by atoms with Crippen LogP contribution in [0.25, 0.3) is 0 Å². The molecule has 0 amide bonds. The van der Waals surface area contributed by atoms with Crippen LogP contribution >= 0.6 is 23.2 Å². The van der Waals surface area contributed by atoms with E-state index in [0.717, 1.165) is 0 Å². The highest BCUT2D eigenvalue weighted by molar-refractivity contribution is 6.43. The fraction of sp³-hybridized carbons (Fsp3) is 1.00. The molecule has 0 atom stereocenters. The second-order valence-electron chi connectivity index (χ2n) is 0.687. The Kier molecular flexibility index (Phi) is 2.78. The highest BCUT2D eigenvalue weighted by Crippen LogP contribution is 1.93. The van der Waals surface area contributed by atoms with Crippen molar-refractivity contribution in [1.82, 2.24) is 5.43 Å². The minimum Gasteiger partial charge on any atom is -0.235 e. The summed E-state index contributed by atoms with van der Waals surface area (Å²) in [6.07, 6.45) is 0. The number of hydrogen-bond donors (Lipinski definition) is 1. The van der Waals surface area contributed by atoms with Crippen LogP contribution in [0, 0.1) is 10.1 Å². The van der Waals surface area contributed by atoms with Gasteiger partial charge in [-0.1, -0.05) is 23.2 Å². The maximum absolute atomic E-state index is 9.34. The molecule has 0 saturated carbocycles. The van der Waals surface area contributed by atoms with Crippen molar-refractivity contribution in [3.8, 4) is 0 Å². The van der Waals surface area contributed by atoms with E-state index in [0.29, 0.717) is 0 Å². The van der Waals surface area contributed by atoms with E-state index in [2.05, 4.69) is 0 Å². The molecule has 4 nitrogen and oxygen atoms in total. The molecule has 0 unspecified atom stereocenters. The van der Waals surface area contributed by atoms with Crippen LogP contribution in [0.5, 0.6) is 0 Å². The monoisotopic (exact) mass is 144 g/mol. The number of nitrogens with zero attached hydrogens (tertiary/aromatic N) is 1. The van der Waals surface area contributed by atoms with Gasteiger partial charge in [0.05, 0.1) is 0 Å². The SMILES string of the molecule is O=[N+]([O-])NC(Cl)Cl. The second kappa shape index (κ2) is 2.87. The van der Waals surface area contributed by atoms with Crippen molar-refractivity contribution in [3.05, 3.63) is 10.1 Å². The zero-order valence-electron chi connectivity index (χ0n) is 3.10. The van der Waals surface area contributed by atoms with Crippen LogP contribution in [0.15, 0.2) is 0 Å². The van der Waals surface area contributed by atoms with Crippen molar-refractivity contribution >= 4 is 23.2 Å². The van der Waals surface area contributed by atoms with E-state index >= 15 is 0 Å². The molecule has 1 N–H and O–H groups in total. The fourth-order valence-corrected chi connectivity index (χ4v) is 0.239. The number of nitro groups is 1. The quantitative estimate of drug-likeness (QED) is 0.267. The first-order valence-corrected chi connectivity index (χ1v) is 2.19. The average Bonchev–Trinajstić information content (AvgIpc) is 1.27. The van der Waals surface area contributed by atoms with Gasteiger partial charge in [0.1, 0.15) is 0 Å². The maximum atomic E-state index is 9.34. The predicted molar refractivity (Wildman–Crippen MR) is 25.6 cm³/mol. The highest BCUT2D eigenvalue weighted by Gasteiger charge is 2.00. The third-order valence-electron chi connectivity index (χ3n) is 0.203. The van der Waals surface area contributed by atoms with E-state index in [1.165, 1.54) is 0 Å². The molecule has 0 radical (unpaired) electrons. The molecular weight excluding hydrogens is 143 g/mol. The van der Waals surface area contributed by atoms with Crippen molar-refractivity contribution in [1.29, 1.82) is 0 Å². The fourth-order valence-electron chi connectivity index (χ4n) is 0.0797. The number of halogens is 2. The van der Waals surface area contributed by atoms with Gasteiger partial charge in [-0.05, 0) is 0 Å². The molecule has 7 heavy (non-hydrogen) atoms. The Morgan fingerprint density at radius 2 is 2.14 bits per heavy atom. The van der Waals surface area contributed by atoms with E-state index in [-0.39, 0.29) is 0 Å². The molecule has 0 aliphatic rings. The van der Waals surface area contributed by atoms with Crippen LogP contribution in [-0.4, -0.2) is 9.99 Å². The van der Waals surface area contributed by atoms with Crippen LogP contribution in [0.4, 0.5) is 0 Å². The minimum atomic E-state index is -1.13. The van der Waals surface area contributed by atoms with E-state index in [9.17, 15) is 10.1 Å². The van der Waals surface area contributed by atoms with Gasteiger partial charge in [0.2, 0.25) is 4.96 Å². The van der Waals surface area contributed by atoms with Gasteiger partial charge in [-0.2, -0.15) is 0 Å².